The van der Waals surface area contributed by atoms with Crippen LogP contribution in [0.2, 0.25) is 0 Å². The summed E-state index contributed by atoms with van der Waals surface area (Å²) >= 11 is 3.35. The SMILES string of the molecule is C=CCN(Cc1cccn1Cc1cccc(C(F)(F)F)c1)C(=O)c1ccc(Br)cc1. The van der Waals surface area contributed by atoms with Gasteiger partial charge in [-0.2, -0.15) is 13.2 Å². The Bertz CT molecular complexity index is 1030. The van der Waals surface area contributed by atoms with E-state index in [0.717, 1.165) is 22.3 Å². The van der Waals surface area contributed by atoms with Crippen molar-refractivity contribution in [1.29, 1.82) is 0 Å². The second-order valence-corrected chi connectivity index (χ2v) is 7.72. The molecule has 0 fully saturated rings. The molecule has 0 saturated heterocycles. The lowest BCUT2D eigenvalue weighted by Gasteiger charge is -2.22. The Morgan fingerprint density at radius 1 is 1.10 bits per heavy atom. The van der Waals surface area contributed by atoms with Crippen LogP contribution in [-0.2, 0) is 19.3 Å². The highest BCUT2D eigenvalue weighted by Crippen LogP contribution is 2.29. The van der Waals surface area contributed by atoms with Crippen LogP contribution < -0.4 is 0 Å². The monoisotopic (exact) mass is 476 g/mol. The molecule has 1 heterocycles. The van der Waals surface area contributed by atoms with Crippen molar-refractivity contribution in [1.82, 2.24) is 9.47 Å². The van der Waals surface area contributed by atoms with Crippen LogP contribution in [0.1, 0.15) is 27.2 Å². The van der Waals surface area contributed by atoms with E-state index in [2.05, 4.69) is 22.5 Å². The minimum Gasteiger partial charge on any atom is -0.345 e. The number of nitrogens with zero attached hydrogens (tertiary/aromatic N) is 2. The van der Waals surface area contributed by atoms with Gasteiger partial charge >= 0.3 is 6.18 Å². The summed E-state index contributed by atoms with van der Waals surface area (Å²) in [6.07, 6.45) is -0.935. The number of carbonyl (C=O) groups excluding carboxylic acids is 1. The fraction of sp³-hybridized carbons (Fsp3) is 0.174. The summed E-state index contributed by atoms with van der Waals surface area (Å²) in [5, 5.41) is 0. The molecule has 0 aliphatic heterocycles. The molecule has 0 unspecified atom stereocenters. The number of amides is 1. The lowest BCUT2D eigenvalue weighted by molar-refractivity contribution is -0.137. The van der Waals surface area contributed by atoms with Gasteiger partial charge in [-0.25, -0.2) is 0 Å². The number of carbonyl (C=O) groups is 1. The Balaban J connectivity index is 1.80. The van der Waals surface area contributed by atoms with E-state index in [9.17, 15) is 18.0 Å². The lowest BCUT2D eigenvalue weighted by atomic mass is 10.1. The first-order chi connectivity index (χ1) is 14.3. The maximum atomic E-state index is 13.0. The van der Waals surface area contributed by atoms with Crippen molar-refractivity contribution in [2.75, 3.05) is 6.54 Å². The van der Waals surface area contributed by atoms with E-state index in [0.29, 0.717) is 24.2 Å². The smallest absolute Gasteiger partial charge is 0.345 e. The van der Waals surface area contributed by atoms with Crippen LogP contribution in [-0.4, -0.2) is 21.9 Å². The average molecular weight is 477 g/mol. The summed E-state index contributed by atoms with van der Waals surface area (Å²) in [5.74, 6) is -0.144. The number of hydrogen-bond donors (Lipinski definition) is 0. The van der Waals surface area contributed by atoms with Gasteiger partial charge in [-0.15, -0.1) is 6.58 Å². The van der Waals surface area contributed by atoms with Gasteiger partial charge < -0.3 is 9.47 Å². The van der Waals surface area contributed by atoms with Gasteiger partial charge in [0.15, 0.2) is 0 Å². The molecule has 0 aliphatic rings. The molecule has 0 radical (unpaired) electrons. The molecule has 2 aromatic carbocycles. The van der Waals surface area contributed by atoms with E-state index in [4.69, 9.17) is 0 Å². The van der Waals surface area contributed by atoms with Crippen LogP contribution in [0, 0.1) is 0 Å². The Kier molecular flexibility index (Phi) is 6.82. The highest BCUT2D eigenvalue weighted by atomic mass is 79.9. The molecule has 0 spiro atoms. The van der Waals surface area contributed by atoms with Crippen molar-refractivity contribution in [3.8, 4) is 0 Å². The van der Waals surface area contributed by atoms with Gasteiger partial charge in [-0.3, -0.25) is 4.79 Å². The van der Waals surface area contributed by atoms with Crippen LogP contribution in [0.15, 0.2) is 84.0 Å². The van der Waals surface area contributed by atoms with E-state index in [1.165, 1.54) is 6.07 Å². The molecular formula is C23H20BrF3N2O. The van der Waals surface area contributed by atoms with E-state index in [1.54, 1.807) is 47.5 Å². The van der Waals surface area contributed by atoms with Crippen LogP contribution in [0.3, 0.4) is 0 Å². The highest BCUT2D eigenvalue weighted by Gasteiger charge is 2.30. The van der Waals surface area contributed by atoms with Gasteiger partial charge in [0.2, 0.25) is 0 Å². The van der Waals surface area contributed by atoms with Crippen LogP contribution in [0.5, 0.6) is 0 Å². The zero-order valence-corrected chi connectivity index (χ0v) is 17.7. The average Bonchev–Trinajstić information content (AvgIpc) is 3.14. The summed E-state index contributed by atoms with van der Waals surface area (Å²) < 4.78 is 41.7. The van der Waals surface area contributed by atoms with Crippen LogP contribution in [0.25, 0.3) is 0 Å². The third-order valence-electron chi connectivity index (χ3n) is 4.61. The minimum absolute atomic E-state index is 0.144. The molecular weight excluding hydrogens is 457 g/mol. The molecule has 3 rings (SSSR count). The quantitative estimate of drug-likeness (QED) is 0.375. The van der Waals surface area contributed by atoms with Gasteiger partial charge in [0.25, 0.3) is 5.91 Å². The lowest BCUT2D eigenvalue weighted by Crippen LogP contribution is -2.31. The molecule has 0 atom stereocenters. The molecule has 3 aromatic rings. The van der Waals surface area contributed by atoms with Crippen molar-refractivity contribution in [2.24, 2.45) is 0 Å². The Morgan fingerprint density at radius 3 is 2.50 bits per heavy atom. The number of alkyl halides is 3. The largest absolute Gasteiger partial charge is 0.416 e. The van der Waals surface area contributed by atoms with E-state index < -0.39 is 11.7 Å². The molecule has 0 bridgehead atoms. The number of benzene rings is 2. The predicted octanol–water partition coefficient (Wildman–Crippen LogP) is 6.15. The molecule has 1 amide bonds. The van der Waals surface area contributed by atoms with Crippen LogP contribution >= 0.6 is 15.9 Å². The second kappa shape index (κ2) is 9.34. The molecule has 0 aliphatic carbocycles. The highest BCUT2D eigenvalue weighted by molar-refractivity contribution is 9.10. The van der Waals surface area contributed by atoms with Gasteiger partial charge in [0.05, 0.1) is 12.1 Å². The normalized spacial score (nSPS) is 11.3. The first kappa shape index (κ1) is 21.9. The van der Waals surface area contributed by atoms with Gasteiger partial charge in [0.1, 0.15) is 0 Å². The Labute approximate surface area is 181 Å². The maximum Gasteiger partial charge on any atom is 0.416 e. The van der Waals surface area contributed by atoms with Crippen molar-refractivity contribution >= 4 is 21.8 Å². The number of hydrogen-bond acceptors (Lipinski definition) is 1. The van der Waals surface area contributed by atoms with Crippen molar-refractivity contribution in [3.05, 3.63) is 106 Å². The van der Waals surface area contributed by atoms with Crippen molar-refractivity contribution in [3.63, 3.8) is 0 Å². The second-order valence-electron chi connectivity index (χ2n) is 6.81. The molecule has 156 valence electrons. The summed E-state index contributed by atoms with van der Waals surface area (Å²) in [7, 11) is 0. The fourth-order valence-electron chi connectivity index (χ4n) is 3.14. The number of rotatable bonds is 7. The number of halogens is 4. The fourth-order valence-corrected chi connectivity index (χ4v) is 3.40. The zero-order chi connectivity index (χ0) is 21.7. The molecule has 3 nitrogen and oxygen atoms in total. The third kappa shape index (κ3) is 5.42. The standard InChI is InChI=1S/C23H20BrF3N2O/c1-2-12-29(22(30)18-8-10-20(24)11-9-18)16-21-7-4-13-28(21)15-17-5-3-6-19(14-17)23(25,26)27/h2-11,13-14H,1,12,15-16H2. The minimum atomic E-state index is -4.38. The molecule has 0 saturated carbocycles. The third-order valence-corrected chi connectivity index (χ3v) is 5.14. The predicted molar refractivity (Wildman–Crippen MR) is 114 cm³/mol. The summed E-state index contributed by atoms with van der Waals surface area (Å²) in [6, 6.07) is 16.0. The summed E-state index contributed by atoms with van der Waals surface area (Å²) in [5.41, 5.74) is 1.24. The number of aromatic nitrogens is 1. The maximum absolute atomic E-state index is 13.0. The first-order valence-corrected chi connectivity index (χ1v) is 10.0. The van der Waals surface area contributed by atoms with Gasteiger partial charge in [0, 0.05) is 35.0 Å². The zero-order valence-electron chi connectivity index (χ0n) is 16.1. The summed E-state index contributed by atoms with van der Waals surface area (Å²) in [6.45, 7) is 4.67. The Morgan fingerprint density at radius 2 is 1.83 bits per heavy atom. The molecule has 0 N–H and O–H groups in total. The van der Waals surface area contributed by atoms with E-state index in [-0.39, 0.29) is 12.5 Å². The van der Waals surface area contributed by atoms with Crippen LogP contribution in [0.4, 0.5) is 13.2 Å². The van der Waals surface area contributed by atoms with E-state index in [1.807, 2.05) is 16.7 Å². The first-order valence-electron chi connectivity index (χ1n) is 9.24. The van der Waals surface area contributed by atoms with E-state index >= 15 is 0 Å². The summed E-state index contributed by atoms with van der Waals surface area (Å²) in [4.78, 5) is 14.6. The molecule has 30 heavy (non-hydrogen) atoms. The van der Waals surface area contributed by atoms with Crippen molar-refractivity contribution < 1.29 is 18.0 Å². The molecule has 7 heteroatoms. The topological polar surface area (TPSA) is 25.2 Å². The molecule has 1 aromatic heterocycles. The Hall–Kier alpha value is -2.80. The van der Waals surface area contributed by atoms with Crippen molar-refractivity contribution in [2.45, 2.75) is 19.3 Å². The van der Waals surface area contributed by atoms with Gasteiger partial charge in [-0.05, 0) is 54.1 Å². The van der Waals surface area contributed by atoms with Gasteiger partial charge in [-0.1, -0.05) is 34.1 Å².